The number of nitrogens with zero attached hydrogens (tertiary/aromatic N) is 3. The van der Waals surface area contributed by atoms with Gasteiger partial charge in [-0.3, -0.25) is 9.69 Å². The maximum Gasteiger partial charge on any atom is 0.239 e. The molecule has 0 bridgehead atoms. The van der Waals surface area contributed by atoms with Gasteiger partial charge in [0.15, 0.2) is 0 Å². The van der Waals surface area contributed by atoms with Gasteiger partial charge in [0.2, 0.25) is 5.91 Å². The molecular weight excluding hydrogens is 300 g/mol. The van der Waals surface area contributed by atoms with E-state index in [1.54, 1.807) is 0 Å². The molecule has 0 saturated carbocycles. The summed E-state index contributed by atoms with van der Waals surface area (Å²) in [5, 5.41) is 3.41. The van der Waals surface area contributed by atoms with Crippen LogP contribution in [0.3, 0.4) is 0 Å². The molecule has 0 radical (unpaired) electrons. The Balaban J connectivity index is 1.45. The third-order valence-electron chi connectivity index (χ3n) is 5.55. The van der Waals surface area contributed by atoms with Crippen LogP contribution in [0.2, 0.25) is 0 Å². The molecule has 0 aliphatic carbocycles. The van der Waals surface area contributed by atoms with Crippen molar-refractivity contribution in [2.75, 3.05) is 38.0 Å². The van der Waals surface area contributed by atoms with Gasteiger partial charge in [0.1, 0.15) is 5.82 Å². The van der Waals surface area contributed by atoms with E-state index < -0.39 is 0 Å². The Bertz CT molecular complexity index is 527. The first-order valence-corrected chi connectivity index (χ1v) is 9.31. The summed E-state index contributed by atoms with van der Waals surface area (Å²) in [7, 11) is 0. The van der Waals surface area contributed by atoms with Gasteiger partial charge in [-0.15, -0.1) is 0 Å². The van der Waals surface area contributed by atoms with E-state index in [-0.39, 0.29) is 6.04 Å². The molecule has 5 heteroatoms. The summed E-state index contributed by atoms with van der Waals surface area (Å²) in [5.41, 5.74) is 0. The van der Waals surface area contributed by atoms with Crippen LogP contribution < -0.4 is 5.32 Å². The number of nitrogens with one attached hydrogen (secondary N) is 1. The van der Waals surface area contributed by atoms with Crippen molar-refractivity contribution in [2.45, 2.75) is 39.2 Å². The molecule has 3 heterocycles. The van der Waals surface area contributed by atoms with Gasteiger partial charge in [-0.05, 0) is 56.7 Å². The minimum absolute atomic E-state index is 0.0123. The fourth-order valence-corrected chi connectivity index (χ4v) is 3.75. The fourth-order valence-electron chi connectivity index (χ4n) is 3.75. The molecule has 2 saturated heterocycles. The highest BCUT2D eigenvalue weighted by Gasteiger charge is 2.32. The van der Waals surface area contributed by atoms with Crippen LogP contribution in [0.15, 0.2) is 24.4 Å². The highest BCUT2D eigenvalue weighted by Crippen LogP contribution is 2.22. The van der Waals surface area contributed by atoms with Crippen molar-refractivity contribution >= 4 is 11.7 Å². The molecule has 24 heavy (non-hydrogen) atoms. The minimum atomic E-state index is 0.0123. The number of aromatic nitrogens is 1. The molecule has 0 aromatic carbocycles. The summed E-state index contributed by atoms with van der Waals surface area (Å²) < 4.78 is 0. The van der Waals surface area contributed by atoms with Gasteiger partial charge in [0.05, 0.1) is 6.04 Å². The van der Waals surface area contributed by atoms with Gasteiger partial charge < -0.3 is 10.2 Å². The molecule has 1 amide bonds. The number of carbonyl (C=O) groups excluding carboxylic acids is 1. The van der Waals surface area contributed by atoms with Gasteiger partial charge in [0.25, 0.3) is 0 Å². The van der Waals surface area contributed by atoms with Crippen LogP contribution in [0, 0.1) is 11.8 Å². The van der Waals surface area contributed by atoms with Crippen LogP contribution in [0.4, 0.5) is 5.82 Å². The van der Waals surface area contributed by atoms with E-state index >= 15 is 0 Å². The monoisotopic (exact) mass is 330 g/mol. The van der Waals surface area contributed by atoms with Crippen molar-refractivity contribution in [3.63, 3.8) is 0 Å². The van der Waals surface area contributed by atoms with Gasteiger partial charge >= 0.3 is 0 Å². The first-order chi connectivity index (χ1) is 11.6. The highest BCUT2D eigenvalue weighted by atomic mass is 16.2. The summed E-state index contributed by atoms with van der Waals surface area (Å²) >= 11 is 0. The summed E-state index contributed by atoms with van der Waals surface area (Å²) in [6.07, 6.45) is 5.25. The Morgan fingerprint density at radius 1 is 1.29 bits per heavy atom. The molecular formula is C19H30N4O. The Hall–Kier alpha value is -1.62. The van der Waals surface area contributed by atoms with Crippen molar-refractivity contribution in [3.8, 4) is 0 Å². The van der Waals surface area contributed by atoms with Crippen molar-refractivity contribution in [1.82, 2.24) is 14.8 Å². The normalized spacial score (nSPS) is 24.1. The maximum atomic E-state index is 12.7. The number of amides is 1. The van der Waals surface area contributed by atoms with Gasteiger partial charge in [-0.1, -0.05) is 13.0 Å². The Labute approximate surface area is 145 Å². The standard InChI is InChI=1S/C19H30N4O/c1-15-6-10-22(11-7-15)19(24)16(2)23-12-8-17(14-23)13-21-18-5-3-4-9-20-18/h3-5,9,15-17H,6-8,10-14H2,1-2H3,(H,20,21). The molecule has 1 N–H and O–H groups in total. The van der Waals surface area contributed by atoms with E-state index in [4.69, 9.17) is 0 Å². The second-order valence-electron chi connectivity index (χ2n) is 7.43. The summed E-state index contributed by atoms with van der Waals surface area (Å²) in [4.78, 5) is 21.5. The number of rotatable bonds is 5. The number of likely N-dealkylation sites (tertiary alicyclic amines) is 2. The van der Waals surface area contributed by atoms with E-state index in [0.29, 0.717) is 11.8 Å². The van der Waals surface area contributed by atoms with Gasteiger partial charge in [-0.25, -0.2) is 4.98 Å². The number of hydrogen-bond donors (Lipinski definition) is 1. The van der Waals surface area contributed by atoms with Crippen LogP contribution in [0.25, 0.3) is 0 Å². The van der Waals surface area contributed by atoms with Crippen molar-refractivity contribution in [1.29, 1.82) is 0 Å². The van der Waals surface area contributed by atoms with Crippen LogP contribution >= 0.6 is 0 Å². The number of pyridine rings is 1. The number of piperidine rings is 1. The third kappa shape index (κ3) is 4.26. The molecule has 132 valence electrons. The number of anilines is 1. The zero-order chi connectivity index (χ0) is 16.9. The number of carbonyl (C=O) groups is 1. The first-order valence-electron chi connectivity index (χ1n) is 9.31. The lowest BCUT2D eigenvalue weighted by atomic mass is 9.99. The summed E-state index contributed by atoms with van der Waals surface area (Å²) in [5.74, 6) is 2.60. The first kappa shape index (κ1) is 17.2. The topological polar surface area (TPSA) is 48.5 Å². The van der Waals surface area contributed by atoms with E-state index in [1.807, 2.05) is 24.4 Å². The molecule has 2 fully saturated rings. The lowest BCUT2D eigenvalue weighted by Gasteiger charge is -2.34. The quantitative estimate of drug-likeness (QED) is 0.901. The SMILES string of the molecule is CC1CCN(C(=O)C(C)N2CCC(CNc3ccccn3)C2)CC1. The van der Waals surface area contributed by atoms with E-state index in [2.05, 4.69) is 33.9 Å². The van der Waals surface area contributed by atoms with Crippen LogP contribution in [-0.2, 0) is 4.79 Å². The third-order valence-corrected chi connectivity index (χ3v) is 5.55. The zero-order valence-electron chi connectivity index (χ0n) is 14.9. The van der Waals surface area contributed by atoms with Crippen LogP contribution in [-0.4, -0.2) is 59.5 Å². The van der Waals surface area contributed by atoms with Crippen molar-refractivity contribution in [2.24, 2.45) is 11.8 Å². The molecule has 2 aliphatic heterocycles. The largest absolute Gasteiger partial charge is 0.370 e. The average Bonchev–Trinajstić information content (AvgIpc) is 3.09. The zero-order valence-corrected chi connectivity index (χ0v) is 14.9. The Kier molecular flexibility index (Phi) is 5.72. The lowest BCUT2D eigenvalue weighted by Crippen LogP contribution is -2.48. The smallest absolute Gasteiger partial charge is 0.239 e. The van der Waals surface area contributed by atoms with Gasteiger partial charge in [0, 0.05) is 32.4 Å². The molecule has 2 aliphatic rings. The second-order valence-corrected chi connectivity index (χ2v) is 7.43. The highest BCUT2D eigenvalue weighted by molar-refractivity contribution is 5.81. The molecule has 3 rings (SSSR count). The van der Waals surface area contributed by atoms with E-state index in [0.717, 1.165) is 63.7 Å². The van der Waals surface area contributed by atoms with Crippen LogP contribution in [0.1, 0.15) is 33.1 Å². The van der Waals surface area contributed by atoms with E-state index in [9.17, 15) is 4.79 Å². The Morgan fingerprint density at radius 2 is 2.08 bits per heavy atom. The predicted octanol–water partition coefficient (Wildman–Crippen LogP) is 2.46. The Morgan fingerprint density at radius 3 is 2.79 bits per heavy atom. The minimum Gasteiger partial charge on any atom is -0.370 e. The average molecular weight is 330 g/mol. The molecule has 5 nitrogen and oxygen atoms in total. The summed E-state index contributed by atoms with van der Waals surface area (Å²) in [6.45, 7) is 9.17. The van der Waals surface area contributed by atoms with E-state index in [1.165, 1.54) is 0 Å². The lowest BCUT2D eigenvalue weighted by molar-refractivity contribution is -0.137. The summed E-state index contributed by atoms with van der Waals surface area (Å²) in [6, 6.07) is 5.93. The molecule has 1 aromatic heterocycles. The molecule has 2 unspecified atom stereocenters. The molecule has 2 atom stereocenters. The van der Waals surface area contributed by atoms with Crippen LogP contribution in [0.5, 0.6) is 0 Å². The fraction of sp³-hybridized carbons (Fsp3) is 0.684. The second kappa shape index (κ2) is 7.97. The van der Waals surface area contributed by atoms with Crippen molar-refractivity contribution in [3.05, 3.63) is 24.4 Å². The molecule has 1 aromatic rings. The van der Waals surface area contributed by atoms with Gasteiger partial charge in [-0.2, -0.15) is 0 Å². The molecule has 0 spiro atoms. The van der Waals surface area contributed by atoms with Crippen molar-refractivity contribution < 1.29 is 4.79 Å². The predicted molar refractivity (Wildman–Crippen MR) is 96.8 cm³/mol. The maximum absolute atomic E-state index is 12.7. The number of hydrogen-bond acceptors (Lipinski definition) is 4.